The van der Waals surface area contributed by atoms with E-state index in [0.717, 1.165) is 16.8 Å². The molecule has 7 nitrogen and oxygen atoms in total. The predicted octanol–water partition coefficient (Wildman–Crippen LogP) is 2.35. The number of nitrogens with zero attached hydrogens (tertiary/aromatic N) is 1. The van der Waals surface area contributed by atoms with Crippen molar-refractivity contribution in [3.05, 3.63) is 58.5 Å². The monoisotopic (exact) mass is 388 g/mol. The minimum atomic E-state index is -0.551. The van der Waals surface area contributed by atoms with Crippen LogP contribution < -0.4 is 5.43 Å². The molecule has 3 rings (SSSR count). The van der Waals surface area contributed by atoms with E-state index in [9.17, 15) is 24.9 Å². The number of carbonyl (C=O) groups excluding carboxylic acids is 2. The number of thioether (sulfide) groups is 1. The Morgan fingerprint density at radius 2 is 1.77 bits per heavy atom. The maximum Gasteiger partial charge on any atom is 0.285 e. The van der Waals surface area contributed by atoms with Gasteiger partial charge in [0.2, 0.25) is 0 Å². The lowest BCUT2D eigenvalue weighted by Gasteiger charge is -2.15. The number of hydrogen-bond acceptors (Lipinski definition) is 7. The Kier molecular flexibility index (Phi) is 4.83. The zero-order valence-corrected chi connectivity index (χ0v) is 14.7. The first kappa shape index (κ1) is 17.8. The summed E-state index contributed by atoms with van der Waals surface area (Å²) in [7, 11) is 0. The summed E-state index contributed by atoms with van der Waals surface area (Å²) in [5, 5.41) is 29.1. The quantitative estimate of drug-likeness (QED) is 0.363. The summed E-state index contributed by atoms with van der Waals surface area (Å²) in [6, 6.07) is 9.67. The van der Waals surface area contributed by atoms with Gasteiger partial charge in [0.15, 0.2) is 15.8 Å². The van der Waals surface area contributed by atoms with Crippen LogP contribution in [-0.2, 0) is 4.79 Å². The van der Waals surface area contributed by atoms with Crippen molar-refractivity contribution < 1.29 is 24.9 Å². The number of carbonyl (C=O) groups is 2. The second-order valence-electron chi connectivity index (χ2n) is 5.25. The molecule has 1 heterocycles. The molecule has 1 aliphatic rings. The van der Waals surface area contributed by atoms with Gasteiger partial charge in [-0.3, -0.25) is 15.0 Å². The van der Waals surface area contributed by atoms with E-state index in [2.05, 4.69) is 5.43 Å². The second-order valence-corrected chi connectivity index (χ2v) is 6.93. The maximum atomic E-state index is 12.5. The van der Waals surface area contributed by atoms with E-state index in [1.807, 2.05) is 0 Å². The highest BCUT2D eigenvalue weighted by molar-refractivity contribution is 8.26. The van der Waals surface area contributed by atoms with Crippen molar-refractivity contribution >= 4 is 46.2 Å². The molecule has 2 aromatic carbocycles. The molecule has 132 valence electrons. The van der Waals surface area contributed by atoms with Crippen molar-refractivity contribution in [2.24, 2.45) is 0 Å². The number of hydrazine groups is 1. The highest BCUT2D eigenvalue weighted by Crippen LogP contribution is 2.33. The number of aromatic hydroxyl groups is 3. The molecule has 1 saturated heterocycles. The number of hydrogen-bond donors (Lipinski definition) is 4. The van der Waals surface area contributed by atoms with Gasteiger partial charge < -0.3 is 15.3 Å². The molecule has 0 aliphatic carbocycles. The van der Waals surface area contributed by atoms with Crippen LogP contribution in [0.2, 0.25) is 0 Å². The number of thiocarbonyl (C=S) groups is 1. The Bertz CT molecular complexity index is 941. The second kappa shape index (κ2) is 7.06. The lowest BCUT2D eigenvalue weighted by molar-refractivity contribution is -0.123. The lowest BCUT2D eigenvalue weighted by Crippen LogP contribution is -2.44. The molecule has 0 unspecified atom stereocenters. The molecule has 4 N–H and O–H groups in total. The standard InChI is InChI=1S/C17H12N2O5S2/c20-11-4-2-10(3-5-11)15(23)18-19-16(24)14(26-17(19)25)8-9-1-6-12(21)13(22)7-9/h1-8,20-22H,(H,18,23). The molecule has 2 amide bonds. The van der Waals surface area contributed by atoms with Crippen molar-refractivity contribution in [2.75, 3.05) is 0 Å². The normalized spacial score (nSPS) is 15.5. The molecular formula is C17H12N2O5S2. The number of nitrogens with one attached hydrogen (secondary N) is 1. The highest BCUT2D eigenvalue weighted by atomic mass is 32.2. The zero-order chi connectivity index (χ0) is 18.8. The number of benzene rings is 2. The van der Waals surface area contributed by atoms with Gasteiger partial charge in [-0.1, -0.05) is 17.8 Å². The molecule has 0 saturated carbocycles. The topological polar surface area (TPSA) is 110 Å². The van der Waals surface area contributed by atoms with Crippen LogP contribution >= 0.6 is 24.0 Å². The molecule has 0 bridgehead atoms. The van der Waals surface area contributed by atoms with E-state index in [1.165, 1.54) is 48.5 Å². The first-order chi connectivity index (χ1) is 12.3. The molecule has 0 aromatic heterocycles. The third-order valence-electron chi connectivity index (χ3n) is 3.43. The lowest BCUT2D eigenvalue weighted by atomic mass is 10.2. The van der Waals surface area contributed by atoms with Crippen LogP contribution in [0.5, 0.6) is 17.2 Å². The van der Waals surface area contributed by atoms with Gasteiger partial charge in [-0.25, -0.2) is 0 Å². The average Bonchev–Trinajstić information content (AvgIpc) is 2.86. The number of phenols is 3. The van der Waals surface area contributed by atoms with E-state index in [4.69, 9.17) is 12.2 Å². The summed E-state index contributed by atoms with van der Waals surface area (Å²) in [5.74, 6) is -1.62. The Labute approximate surface area is 157 Å². The van der Waals surface area contributed by atoms with Crippen molar-refractivity contribution in [3.63, 3.8) is 0 Å². The average molecular weight is 388 g/mol. The van der Waals surface area contributed by atoms with Crippen molar-refractivity contribution in [3.8, 4) is 17.2 Å². The third-order valence-corrected chi connectivity index (χ3v) is 4.74. The first-order valence-corrected chi connectivity index (χ1v) is 8.47. The molecule has 1 aliphatic heterocycles. The molecule has 9 heteroatoms. The fourth-order valence-corrected chi connectivity index (χ4v) is 3.30. The Balaban J connectivity index is 1.78. The molecule has 1 fully saturated rings. The smallest absolute Gasteiger partial charge is 0.285 e. The summed E-state index contributed by atoms with van der Waals surface area (Å²) in [5.41, 5.74) is 3.17. The van der Waals surface area contributed by atoms with Crippen LogP contribution in [0.25, 0.3) is 6.08 Å². The highest BCUT2D eigenvalue weighted by Gasteiger charge is 2.33. The summed E-state index contributed by atoms with van der Waals surface area (Å²) in [6.45, 7) is 0. The van der Waals surface area contributed by atoms with Gasteiger partial charge in [0.1, 0.15) is 5.75 Å². The molecule has 0 atom stereocenters. The fraction of sp³-hybridized carbons (Fsp3) is 0. The fourth-order valence-electron chi connectivity index (χ4n) is 2.12. The summed E-state index contributed by atoms with van der Waals surface area (Å²) < 4.78 is 0.149. The summed E-state index contributed by atoms with van der Waals surface area (Å²) in [4.78, 5) is 24.9. The molecule has 26 heavy (non-hydrogen) atoms. The van der Waals surface area contributed by atoms with E-state index >= 15 is 0 Å². The Morgan fingerprint density at radius 1 is 1.08 bits per heavy atom. The van der Waals surface area contributed by atoms with E-state index in [1.54, 1.807) is 0 Å². The van der Waals surface area contributed by atoms with Crippen molar-refractivity contribution in [1.29, 1.82) is 0 Å². The van der Waals surface area contributed by atoms with Gasteiger partial charge in [0, 0.05) is 5.56 Å². The van der Waals surface area contributed by atoms with Crippen LogP contribution in [0.1, 0.15) is 15.9 Å². The van der Waals surface area contributed by atoms with Gasteiger partial charge in [0.05, 0.1) is 4.91 Å². The SMILES string of the molecule is O=C(NN1C(=O)C(=Cc2ccc(O)c(O)c2)SC1=S)c1ccc(O)cc1. The van der Waals surface area contributed by atoms with Gasteiger partial charge >= 0.3 is 0 Å². The van der Waals surface area contributed by atoms with E-state index < -0.39 is 11.8 Å². The van der Waals surface area contributed by atoms with Crippen LogP contribution in [-0.4, -0.2) is 36.5 Å². The maximum absolute atomic E-state index is 12.5. The van der Waals surface area contributed by atoms with Crippen LogP contribution in [0.15, 0.2) is 47.4 Å². The number of amides is 2. The van der Waals surface area contributed by atoms with Crippen LogP contribution in [0.4, 0.5) is 0 Å². The zero-order valence-electron chi connectivity index (χ0n) is 13.0. The summed E-state index contributed by atoms with van der Waals surface area (Å²) in [6.07, 6.45) is 1.49. The largest absolute Gasteiger partial charge is 0.508 e. The minimum absolute atomic E-state index is 0.0206. The third kappa shape index (κ3) is 3.63. The van der Waals surface area contributed by atoms with Crippen LogP contribution in [0.3, 0.4) is 0 Å². The molecular weight excluding hydrogens is 376 g/mol. The van der Waals surface area contributed by atoms with Gasteiger partial charge in [-0.2, -0.15) is 5.01 Å². The van der Waals surface area contributed by atoms with Gasteiger partial charge in [-0.05, 0) is 60.3 Å². The van der Waals surface area contributed by atoms with Gasteiger partial charge in [0.25, 0.3) is 11.8 Å². The Morgan fingerprint density at radius 3 is 2.42 bits per heavy atom. The van der Waals surface area contributed by atoms with Crippen molar-refractivity contribution in [1.82, 2.24) is 10.4 Å². The van der Waals surface area contributed by atoms with Crippen molar-refractivity contribution in [2.45, 2.75) is 0 Å². The minimum Gasteiger partial charge on any atom is -0.508 e. The number of rotatable bonds is 3. The predicted molar refractivity (Wildman–Crippen MR) is 100 cm³/mol. The number of phenolic OH excluding ortho intramolecular Hbond substituents is 3. The Hall–Kier alpha value is -3.04. The summed E-state index contributed by atoms with van der Waals surface area (Å²) >= 11 is 6.13. The molecule has 0 radical (unpaired) electrons. The first-order valence-electron chi connectivity index (χ1n) is 7.25. The molecule has 0 spiro atoms. The molecule has 2 aromatic rings. The van der Waals surface area contributed by atoms with Crippen LogP contribution in [0, 0.1) is 0 Å². The van der Waals surface area contributed by atoms with E-state index in [-0.39, 0.29) is 32.0 Å². The van der Waals surface area contributed by atoms with E-state index in [0.29, 0.717) is 5.56 Å². The van der Waals surface area contributed by atoms with Gasteiger partial charge in [-0.15, -0.1) is 0 Å².